The van der Waals surface area contributed by atoms with Gasteiger partial charge in [-0.3, -0.25) is 4.90 Å². The van der Waals surface area contributed by atoms with E-state index >= 15 is 0 Å². The predicted molar refractivity (Wildman–Crippen MR) is 162 cm³/mol. The Hall–Kier alpha value is -3.87. The van der Waals surface area contributed by atoms with Crippen molar-refractivity contribution in [3.63, 3.8) is 0 Å². The molecule has 1 aromatic carbocycles. The number of carboxylic acid groups (broad SMARTS) is 1. The number of ether oxygens (including phenoxy) is 3. The van der Waals surface area contributed by atoms with Crippen LogP contribution in [0.5, 0.6) is 11.6 Å². The Balaban J connectivity index is 0.00000451. The minimum atomic E-state index is -5.11. The number of aliphatic hydroxyl groups is 1. The number of pyridine rings is 1. The van der Waals surface area contributed by atoms with E-state index in [-0.39, 0.29) is 73.3 Å². The van der Waals surface area contributed by atoms with Crippen molar-refractivity contribution in [1.29, 1.82) is 0 Å². The van der Waals surface area contributed by atoms with Gasteiger partial charge in [0.05, 0.1) is 54.2 Å². The minimum absolute atomic E-state index is 0. The molecule has 12 nitrogen and oxygen atoms in total. The molecular weight excluding hydrogens is 691 g/mol. The van der Waals surface area contributed by atoms with Crippen LogP contribution in [0.1, 0.15) is 68.7 Å². The van der Waals surface area contributed by atoms with E-state index < -0.39 is 78.7 Å². The van der Waals surface area contributed by atoms with Crippen molar-refractivity contribution in [3.05, 3.63) is 64.6 Å². The number of carboxylic acids is 1. The van der Waals surface area contributed by atoms with Crippen LogP contribution in [0.2, 0.25) is 0 Å². The molecule has 0 radical (unpaired) electrons. The Morgan fingerprint density at radius 3 is 2.28 bits per heavy atom. The second kappa shape index (κ2) is 16.9. The van der Waals surface area contributed by atoms with Gasteiger partial charge in [0.25, 0.3) is 0 Å². The largest absolute Gasteiger partial charge is 1.00 e. The molecule has 268 valence electrons. The number of nitrogens with zero attached hydrogens (tertiary/aromatic N) is 4. The number of hydrogen-bond acceptors (Lipinski definition) is 10. The maximum Gasteiger partial charge on any atom is 1.00 e. The maximum absolute atomic E-state index is 13.6. The molecule has 4 rings (SSSR count). The molecule has 3 N–H and O–H groups in total. The number of rotatable bonds is 12. The summed E-state index contributed by atoms with van der Waals surface area (Å²) in [7, 11) is 1.39. The number of halogens is 6. The van der Waals surface area contributed by atoms with Crippen LogP contribution in [0, 0.1) is 0 Å². The molecule has 0 spiro atoms. The average molecular weight is 726 g/mol. The number of anilines is 2. The van der Waals surface area contributed by atoms with Crippen LogP contribution >= 0.6 is 0 Å². The van der Waals surface area contributed by atoms with Crippen molar-refractivity contribution < 1.29 is 91.3 Å². The standard InChI is InChI=1S/C31H33F6N5O7.Na.H/c1-4-19-14-21(26-22(6-7-25(41-26)47-3)42(19)29(46)48-5-2)40-28-38-15-24(49-23(8-9-43)27(44)45)20(39-28)12-16-10-17(30(32,33)34)13-18(11-16)31(35,36)37;;/h6-7,10-11,13,15,19,21,23,43H,4-5,8-9,12,14H2,1-3H3,(H,44,45)(H,38,39,40);;/q;+1;-1/t19-,21+,23?;;/m1../s1. The zero-order chi connectivity index (χ0) is 36.1. The third kappa shape index (κ3) is 9.67. The first kappa shape index (κ1) is 40.6. The Labute approximate surface area is 305 Å². The topological polar surface area (TPSA) is 156 Å². The molecule has 1 unspecified atom stereocenters. The monoisotopic (exact) mass is 725 g/mol. The number of aliphatic hydroxyl groups excluding tert-OH is 1. The molecule has 3 aromatic rings. The van der Waals surface area contributed by atoms with E-state index in [0.29, 0.717) is 29.9 Å². The van der Waals surface area contributed by atoms with E-state index in [4.69, 9.17) is 14.2 Å². The predicted octanol–water partition coefficient (Wildman–Crippen LogP) is 3.14. The summed E-state index contributed by atoms with van der Waals surface area (Å²) < 4.78 is 97.7. The van der Waals surface area contributed by atoms with Gasteiger partial charge in [0.15, 0.2) is 11.9 Å². The zero-order valence-electron chi connectivity index (χ0n) is 28.4. The molecule has 0 bridgehead atoms. The summed E-state index contributed by atoms with van der Waals surface area (Å²) in [5.74, 6) is -1.78. The van der Waals surface area contributed by atoms with Crippen LogP contribution in [-0.2, 0) is 28.3 Å². The first-order chi connectivity index (χ1) is 23.1. The quantitative estimate of drug-likeness (QED) is 0.186. The number of hydrogen-bond donors (Lipinski definition) is 3. The zero-order valence-corrected chi connectivity index (χ0v) is 29.4. The molecule has 1 aliphatic rings. The average Bonchev–Trinajstić information content (AvgIpc) is 3.04. The number of fused-ring (bicyclic) bond motifs is 1. The van der Waals surface area contributed by atoms with E-state index in [1.807, 2.05) is 6.92 Å². The summed E-state index contributed by atoms with van der Waals surface area (Å²) in [6, 6.07) is 3.13. The molecule has 0 aliphatic carbocycles. The Bertz CT molecular complexity index is 1640. The fourth-order valence-corrected chi connectivity index (χ4v) is 5.30. The molecule has 0 fully saturated rings. The molecule has 0 saturated carbocycles. The fourth-order valence-electron chi connectivity index (χ4n) is 5.30. The molecule has 19 heteroatoms. The van der Waals surface area contributed by atoms with E-state index in [1.54, 1.807) is 19.1 Å². The number of carbonyl (C=O) groups is 2. The van der Waals surface area contributed by atoms with Crippen LogP contribution < -0.4 is 49.2 Å². The molecule has 50 heavy (non-hydrogen) atoms. The van der Waals surface area contributed by atoms with Gasteiger partial charge in [-0.2, -0.15) is 26.3 Å². The smallest absolute Gasteiger partial charge is 1.00 e. The number of aromatic nitrogens is 3. The van der Waals surface area contributed by atoms with Gasteiger partial charge in [-0.15, -0.1) is 0 Å². The van der Waals surface area contributed by atoms with Gasteiger partial charge >= 0.3 is 54.0 Å². The number of benzene rings is 1. The van der Waals surface area contributed by atoms with Crippen molar-refractivity contribution in [2.45, 2.75) is 70.1 Å². The first-order valence-electron chi connectivity index (χ1n) is 15.0. The number of alkyl halides is 6. The van der Waals surface area contributed by atoms with Crippen LogP contribution in [-0.4, -0.2) is 69.7 Å². The van der Waals surface area contributed by atoms with Crippen molar-refractivity contribution in [2.24, 2.45) is 0 Å². The van der Waals surface area contributed by atoms with Gasteiger partial charge in [0.1, 0.15) is 0 Å². The van der Waals surface area contributed by atoms with Crippen LogP contribution in [0.4, 0.5) is 42.8 Å². The van der Waals surface area contributed by atoms with Gasteiger partial charge in [0.2, 0.25) is 11.8 Å². The Morgan fingerprint density at radius 1 is 1.08 bits per heavy atom. The summed E-state index contributed by atoms with van der Waals surface area (Å²) in [5.41, 5.74) is -3.06. The molecule has 3 atom stereocenters. The van der Waals surface area contributed by atoms with E-state index in [2.05, 4.69) is 20.3 Å². The molecule has 1 amide bonds. The van der Waals surface area contributed by atoms with Gasteiger partial charge in [-0.05, 0) is 49.6 Å². The fraction of sp³-hybridized carbons (Fsp3) is 0.452. The number of aliphatic carboxylic acids is 1. The summed E-state index contributed by atoms with van der Waals surface area (Å²) in [6.07, 6.45) is -11.8. The first-order valence-corrected chi connectivity index (χ1v) is 15.0. The number of nitrogens with one attached hydrogen (secondary N) is 1. The van der Waals surface area contributed by atoms with Crippen LogP contribution in [0.25, 0.3) is 0 Å². The van der Waals surface area contributed by atoms with Gasteiger partial charge in [-0.1, -0.05) is 6.92 Å². The SMILES string of the molecule is CCOC(=O)N1c2ccc(OC)nc2[C@@H](Nc2ncc(OC(CCO)C(=O)O)c(Cc3cc(C(F)(F)F)cc(C(F)(F)F)c3)n2)C[C@H]1CC.[H-].[Na+]. The summed E-state index contributed by atoms with van der Waals surface area (Å²) in [4.78, 5) is 39.2. The van der Waals surface area contributed by atoms with Crippen molar-refractivity contribution in [2.75, 3.05) is 30.5 Å². The molecular formula is C31H34F6N5NaO7. The third-order valence-corrected chi connectivity index (χ3v) is 7.57. The van der Waals surface area contributed by atoms with Crippen LogP contribution in [0.15, 0.2) is 36.5 Å². The molecule has 2 aromatic heterocycles. The summed E-state index contributed by atoms with van der Waals surface area (Å²) in [6.45, 7) is 3.03. The van der Waals surface area contributed by atoms with Crippen LogP contribution in [0.3, 0.4) is 0 Å². The molecule has 3 heterocycles. The maximum atomic E-state index is 13.6. The second-order valence-corrected chi connectivity index (χ2v) is 10.9. The number of carbonyl (C=O) groups excluding carboxylic acids is 1. The summed E-state index contributed by atoms with van der Waals surface area (Å²) in [5, 5.41) is 21.9. The van der Waals surface area contributed by atoms with Crippen molar-refractivity contribution in [3.8, 4) is 11.6 Å². The second-order valence-electron chi connectivity index (χ2n) is 10.9. The van der Waals surface area contributed by atoms with Crippen molar-refractivity contribution in [1.82, 2.24) is 15.0 Å². The van der Waals surface area contributed by atoms with Gasteiger partial charge < -0.3 is 31.2 Å². The normalized spacial score (nSPS) is 16.5. The van der Waals surface area contributed by atoms with E-state index in [1.165, 1.54) is 12.0 Å². The van der Waals surface area contributed by atoms with E-state index in [0.717, 1.165) is 6.20 Å². The van der Waals surface area contributed by atoms with Gasteiger partial charge in [0, 0.05) is 31.6 Å². The minimum Gasteiger partial charge on any atom is -1.00 e. The summed E-state index contributed by atoms with van der Waals surface area (Å²) >= 11 is 0. The Morgan fingerprint density at radius 2 is 1.74 bits per heavy atom. The molecule has 0 saturated heterocycles. The van der Waals surface area contributed by atoms with E-state index in [9.17, 15) is 46.1 Å². The van der Waals surface area contributed by atoms with Crippen molar-refractivity contribution >= 4 is 23.7 Å². The number of amides is 1. The number of methoxy groups -OCH3 is 1. The third-order valence-electron chi connectivity index (χ3n) is 7.57. The molecule has 1 aliphatic heterocycles. The van der Waals surface area contributed by atoms with Gasteiger partial charge in [-0.25, -0.2) is 24.5 Å². The Kier molecular flexibility index (Phi) is 13.7.